The van der Waals surface area contributed by atoms with E-state index in [2.05, 4.69) is 10.1 Å². The molecule has 88 valence electrons. The van der Waals surface area contributed by atoms with Gasteiger partial charge in [-0.1, -0.05) is 0 Å². The highest BCUT2D eigenvalue weighted by atomic mass is 35.5. The molecule has 1 N–H and O–H groups in total. The van der Waals surface area contributed by atoms with E-state index in [1.807, 2.05) is 6.07 Å². The Morgan fingerprint density at radius 1 is 1.50 bits per heavy atom. The molecule has 1 aromatic rings. The Balaban J connectivity index is 0.00000128. The molecule has 1 heterocycles. The van der Waals surface area contributed by atoms with Gasteiger partial charge in [0.2, 0.25) is 0 Å². The molecule has 0 aliphatic carbocycles. The van der Waals surface area contributed by atoms with Crippen molar-refractivity contribution in [2.75, 3.05) is 20.3 Å². The van der Waals surface area contributed by atoms with Crippen molar-refractivity contribution in [3.63, 3.8) is 0 Å². The van der Waals surface area contributed by atoms with Gasteiger partial charge >= 0.3 is 5.97 Å². The molecule has 0 atom stereocenters. The van der Waals surface area contributed by atoms with Crippen molar-refractivity contribution >= 4 is 18.4 Å². The molecule has 0 aromatic heterocycles. The smallest absolute Gasteiger partial charge is 0.337 e. The topological polar surface area (TPSA) is 47.6 Å². The number of nitrogens with one attached hydrogen (secondary N) is 1. The molecule has 1 aromatic carbocycles. The average molecular weight is 244 g/mol. The number of hydrogen-bond acceptors (Lipinski definition) is 4. The van der Waals surface area contributed by atoms with Crippen LogP contribution in [0.25, 0.3) is 0 Å². The van der Waals surface area contributed by atoms with Crippen LogP contribution in [0.15, 0.2) is 18.2 Å². The van der Waals surface area contributed by atoms with Crippen molar-refractivity contribution in [1.29, 1.82) is 0 Å². The third-order valence-corrected chi connectivity index (χ3v) is 2.33. The molecule has 0 spiro atoms. The molecule has 5 heteroatoms. The van der Waals surface area contributed by atoms with Crippen molar-refractivity contribution < 1.29 is 14.3 Å². The van der Waals surface area contributed by atoms with E-state index in [9.17, 15) is 4.79 Å². The number of hydrogen-bond donors (Lipinski definition) is 1. The molecule has 0 unspecified atom stereocenters. The van der Waals surface area contributed by atoms with Crippen LogP contribution in [-0.4, -0.2) is 26.2 Å². The standard InChI is InChI=1S/C11H13NO3.ClH/c1-14-11(13)8-2-3-10-9(6-8)7-12-4-5-15-10;/h2-3,6,12H,4-5,7H2,1H3;1H. The first-order valence-electron chi connectivity index (χ1n) is 4.86. The maximum Gasteiger partial charge on any atom is 0.337 e. The molecule has 0 radical (unpaired) electrons. The normalized spacial score (nSPS) is 13.8. The Bertz CT molecular complexity index is 381. The summed E-state index contributed by atoms with van der Waals surface area (Å²) in [6.45, 7) is 2.20. The molecular formula is C11H14ClNO3. The van der Waals surface area contributed by atoms with E-state index >= 15 is 0 Å². The second-order valence-corrected chi connectivity index (χ2v) is 3.34. The van der Waals surface area contributed by atoms with Crippen molar-refractivity contribution in [2.24, 2.45) is 0 Å². The predicted molar refractivity (Wildman–Crippen MR) is 62.2 cm³/mol. The highest BCUT2D eigenvalue weighted by Gasteiger charge is 2.12. The number of methoxy groups -OCH3 is 1. The zero-order valence-electron chi connectivity index (χ0n) is 8.99. The van der Waals surface area contributed by atoms with Crippen LogP contribution in [0, 0.1) is 0 Å². The molecule has 4 nitrogen and oxygen atoms in total. The number of carbonyl (C=O) groups excluding carboxylic acids is 1. The Kier molecular flexibility index (Phi) is 4.58. The van der Waals surface area contributed by atoms with E-state index in [0.717, 1.165) is 24.4 Å². The van der Waals surface area contributed by atoms with Crippen molar-refractivity contribution in [3.8, 4) is 5.75 Å². The number of rotatable bonds is 1. The summed E-state index contributed by atoms with van der Waals surface area (Å²) in [6.07, 6.45) is 0. The first-order chi connectivity index (χ1) is 7.31. The van der Waals surface area contributed by atoms with Gasteiger partial charge in [0.15, 0.2) is 0 Å². The number of benzene rings is 1. The summed E-state index contributed by atoms with van der Waals surface area (Å²) in [6, 6.07) is 5.34. The van der Waals surface area contributed by atoms with Gasteiger partial charge in [0.05, 0.1) is 12.7 Å². The second-order valence-electron chi connectivity index (χ2n) is 3.34. The Labute approximate surface area is 100 Å². The number of halogens is 1. The maximum atomic E-state index is 11.3. The summed E-state index contributed by atoms with van der Waals surface area (Å²) in [7, 11) is 1.38. The Morgan fingerprint density at radius 2 is 2.31 bits per heavy atom. The van der Waals surface area contributed by atoms with Crippen LogP contribution in [0.3, 0.4) is 0 Å². The fourth-order valence-corrected chi connectivity index (χ4v) is 1.56. The monoisotopic (exact) mass is 243 g/mol. The Morgan fingerprint density at radius 3 is 3.06 bits per heavy atom. The minimum absolute atomic E-state index is 0. The van der Waals surface area contributed by atoms with E-state index in [0.29, 0.717) is 12.2 Å². The number of esters is 1. The minimum atomic E-state index is -0.318. The molecular weight excluding hydrogens is 230 g/mol. The van der Waals surface area contributed by atoms with Crippen LogP contribution in [0.4, 0.5) is 0 Å². The maximum absolute atomic E-state index is 11.3. The summed E-state index contributed by atoms with van der Waals surface area (Å²) < 4.78 is 10.2. The van der Waals surface area contributed by atoms with E-state index in [1.54, 1.807) is 12.1 Å². The van der Waals surface area contributed by atoms with Crippen LogP contribution < -0.4 is 10.1 Å². The van der Waals surface area contributed by atoms with Crippen molar-refractivity contribution in [2.45, 2.75) is 6.54 Å². The molecule has 0 fully saturated rings. The lowest BCUT2D eigenvalue weighted by molar-refractivity contribution is 0.0600. The van der Waals surface area contributed by atoms with E-state index < -0.39 is 0 Å². The van der Waals surface area contributed by atoms with E-state index in [1.165, 1.54) is 7.11 Å². The van der Waals surface area contributed by atoms with E-state index in [4.69, 9.17) is 4.74 Å². The first kappa shape index (κ1) is 12.8. The molecule has 16 heavy (non-hydrogen) atoms. The predicted octanol–water partition coefficient (Wildman–Crippen LogP) is 1.38. The minimum Gasteiger partial charge on any atom is -0.492 e. The lowest BCUT2D eigenvalue weighted by atomic mass is 10.1. The molecule has 1 aliphatic heterocycles. The second kappa shape index (κ2) is 5.72. The zero-order chi connectivity index (χ0) is 10.7. The summed E-state index contributed by atoms with van der Waals surface area (Å²) >= 11 is 0. The quantitative estimate of drug-likeness (QED) is 0.757. The van der Waals surface area contributed by atoms with Gasteiger partial charge in [-0.15, -0.1) is 12.4 Å². The van der Waals surface area contributed by atoms with Crippen LogP contribution in [-0.2, 0) is 11.3 Å². The first-order valence-corrected chi connectivity index (χ1v) is 4.86. The van der Waals surface area contributed by atoms with Gasteiger partial charge in [0.25, 0.3) is 0 Å². The highest BCUT2D eigenvalue weighted by molar-refractivity contribution is 5.89. The summed E-state index contributed by atoms with van der Waals surface area (Å²) in [5, 5.41) is 3.21. The summed E-state index contributed by atoms with van der Waals surface area (Å²) in [4.78, 5) is 11.3. The molecule has 2 rings (SSSR count). The van der Waals surface area contributed by atoms with Crippen LogP contribution in [0.2, 0.25) is 0 Å². The Hall–Kier alpha value is -1.26. The molecule has 1 aliphatic rings. The third kappa shape index (κ3) is 2.65. The van der Waals surface area contributed by atoms with Gasteiger partial charge in [-0.2, -0.15) is 0 Å². The average Bonchev–Trinajstić information content (AvgIpc) is 2.51. The van der Waals surface area contributed by atoms with Gasteiger partial charge in [-0.3, -0.25) is 0 Å². The molecule has 0 bridgehead atoms. The van der Waals surface area contributed by atoms with Gasteiger partial charge < -0.3 is 14.8 Å². The van der Waals surface area contributed by atoms with Crippen molar-refractivity contribution in [3.05, 3.63) is 29.3 Å². The largest absolute Gasteiger partial charge is 0.492 e. The van der Waals surface area contributed by atoms with Gasteiger partial charge in [-0.25, -0.2) is 4.79 Å². The van der Waals surface area contributed by atoms with Crippen LogP contribution >= 0.6 is 12.4 Å². The third-order valence-electron chi connectivity index (χ3n) is 2.33. The lowest BCUT2D eigenvalue weighted by Crippen LogP contribution is -2.16. The zero-order valence-corrected chi connectivity index (χ0v) is 9.80. The molecule has 0 amide bonds. The number of carbonyl (C=O) groups is 1. The fourth-order valence-electron chi connectivity index (χ4n) is 1.56. The van der Waals surface area contributed by atoms with Crippen LogP contribution in [0.5, 0.6) is 5.75 Å². The van der Waals surface area contributed by atoms with Gasteiger partial charge in [-0.05, 0) is 18.2 Å². The molecule has 0 saturated heterocycles. The molecule has 0 saturated carbocycles. The fraction of sp³-hybridized carbons (Fsp3) is 0.364. The highest BCUT2D eigenvalue weighted by Crippen LogP contribution is 2.21. The van der Waals surface area contributed by atoms with Crippen LogP contribution in [0.1, 0.15) is 15.9 Å². The lowest BCUT2D eigenvalue weighted by Gasteiger charge is -2.07. The van der Waals surface area contributed by atoms with E-state index in [-0.39, 0.29) is 18.4 Å². The summed E-state index contributed by atoms with van der Waals surface area (Å²) in [5.41, 5.74) is 1.55. The number of fused-ring (bicyclic) bond motifs is 1. The van der Waals surface area contributed by atoms with Gasteiger partial charge in [0, 0.05) is 18.7 Å². The SMILES string of the molecule is COC(=O)c1ccc2c(c1)CNCCO2.Cl. The summed E-state index contributed by atoms with van der Waals surface area (Å²) in [5.74, 6) is 0.523. The number of ether oxygens (including phenoxy) is 2. The van der Waals surface area contributed by atoms with Gasteiger partial charge in [0.1, 0.15) is 12.4 Å². The van der Waals surface area contributed by atoms with Crippen molar-refractivity contribution in [1.82, 2.24) is 5.32 Å².